The highest BCUT2D eigenvalue weighted by Gasteiger charge is 2.41. The standard InChI is InChI=1S/C27H46ClN5O/c1-6-32(7-2)19-27(17-30-18-27)20-33(15-23-10-8-9-11-24(23)16-34)25(14-28)22(5)12-13-26(29)31-21(3)4/h6,8-11,13,21-22,25,30-31,34H,1,7,12,14-20,29H2,2-5H3/b26-13+/t22?,25-/m1/s1. The van der Waals surface area contributed by atoms with Crippen LogP contribution in [0.25, 0.3) is 0 Å². The van der Waals surface area contributed by atoms with Crippen LogP contribution in [0.15, 0.2) is 48.9 Å². The Kier molecular flexibility index (Phi) is 11.7. The smallest absolute Gasteiger partial charge is 0.0920 e. The number of benzene rings is 1. The Hall–Kier alpha value is -1.73. The van der Waals surface area contributed by atoms with E-state index in [1.165, 1.54) is 0 Å². The van der Waals surface area contributed by atoms with E-state index in [0.717, 1.165) is 62.6 Å². The first-order chi connectivity index (χ1) is 16.3. The van der Waals surface area contributed by atoms with Gasteiger partial charge in [-0.2, -0.15) is 0 Å². The third kappa shape index (κ3) is 8.19. The molecule has 0 amide bonds. The minimum atomic E-state index is 0.0397. The molecule has 5 N–H and O–H groups in total. The summed E-state index contributed by atoms with van der Waals surface area (Å²) in [5.74, 6) is 1.57. The summed E-state index contributed by atoms with van der Waals surface area (Å²) in [6.07, 6.45) is 4.88. The summed E-state index contributed by atoms with van der Waals surface area (Å²) < 4.78 is 0. The van der Waals surface area contributed by atoms with E-state index < -0.39 is 0 Å². The van der Waals surface area contributed by atoms with Crippen LogP contribution in [0.1, 0.15) is 45.2 Å². The second kappa shape index (κ2) is 14.0. The zero-order chi connectivity index (χ0) is 25.1. The Morgan fingerprint density at radius 3 is 2.44 bits per heavy atom. The fourth-order valence-electron chi connectivity index (χ4n) is 4.77. The van der Waals surface area contributed by atoms with Crippen LogP contribution in [0.3, 0.4) is 0 Å². The van der Waals surface area contributed by atoms with Gasteiger partial charge in [-0.1, -0.05) is 37.8 Å². The normalized spacial score (nSPS) is 17.4. The second-order valence-corrected chi connectivity index (χ2v) is 10.4. The lowest BCUT2D eigenvalue weighted by Crippen LogP contribution is -2.64. The maximum absolute atomic E-state index is 9.93. The summed E-state index contributed by atoms with van der Waals surface area (Å²) in [5.41, 5.74) is 8.44. The molecule has 0 bridgehead atoms. The monoisotopic (exact) mass is 491 g/mol. The molecular formula is C27H46ClN5O. The summed E-state index contributed by atoms with van der Waals surface area (Å²) in [4.78, 5) is 4.82. The van der Waals surface area contributed by atoms with Crippen molar-refractivity contribution in [3.05, 3.63) is 60.1 Å². The molecule has 0 aliphatic carbocycles. The predicted molar refractivity (Wildman–Crippen MR) is 144 cm³/mol. The zero-order valence-electron chi connectivity index (χ0n) is 21.6. The summed E-state index contributed by atoms with van der Waals surface area (Å²) in [7, 11) is 0. The van der Waals surface area contributed by atoms with Crippen LogP contribution in [0.2, 0.25) is 0 Å². The Bertz CT molecular complexity index is 780. The molecule has 1 aliphatic rings. The van der Waals surface area contributed by atoms with Gasteiger partial charge in [0.1, 0.15) is 0 Å². The number of allylic oxidation sites excluding steroid dienone is 1. The van der Waals surface area contributed by atoms with Gasteiger partial charge in [0.25, 0.3) is 0 Å². The van der Waals surface area contributed by atoms with Gasteiger partial charge >= 0.3 is 0 Å². The third-order valence-electron chi connectivity index (χ3n) is 6.85. The van der Waals surface area contributed by atoms with E-state index in [-0.39, 0.29) is 18.1 Å². The van der Waals surface area contributed by atoms with Gasteiger partial charge in [0.15, 0.2) is 0 Å². The molecular weight excluding hydrogens is 446 g/mol. The third-order valence-corrected chi connectivity index (χ3v) is 7.17. The molecule has 2 rings (SSSR count). The van der Waals surface area contributed by atoms with Gasteiger partial charge in [-0.3, -0.25) is 4.90 Å². The van der Waals surface area contributed by atoms with E-state index in [9.17, 15) is 5.11 Å². The Balaban J connectivity index is 2.29. The van der Waals surface area contributed by atoms with Crippen LogP contribution in [0.5, 0.6) is 0 Å². The van der Waals surface area contributed by atoms with E-state index in [1.54, 1.807) is 0 Å². The fourth-order valence-corrected chi connectivity index (χ4v) is 5.27. The molecule has 0 radical (unpaired) electrons. The molecule has 1 saturated heterocycles. The van der Waals surface area contributed by atoms with Crippen LogP contribution in [-0.2, 0) is 13.2 Å². The minimum absolute atomic E-state index is 0.0397. The molecule has 1 unspecified atom stereocenters. The number of nitrogens with two attached hydrogens (primary N) is 1. The highest BCUT2D eigenvalue weighted by Crippen LogP contribution is 2.30. The van der Waals surface area contributed by atoms with Crippen LogP contribution < -0.4 is 16.4 Å². The molecule has 0 spiro atoms. The topological polar surface area (TPSA) is 76.8 Å². The predicted octanol–water partition coefficient (Wildman–Crippen LogP) is 3.47. The van der Waals surface area contributed by atoms with E-state index in [0.29, 0.717) is 17.8 Å². The lowest BCUT2D eigenvalue weighted by molar-refractivity contribution is 0.0303. The number of nitrogens with zero attached hydrogens (tertiary/aromatic N) is 2. The van der Waals surface area contributed by atoms with Crippen molar-refractivity contribution in [2.45, 2.75) is 59.4 Å². The first-order valence-corrected chi connectivity index (χ1v) is 13.1. The van der Waals surface area contributed by atoms with Crippen molar-refractivity contribution in [3.8, 4) is 0 Å². The van der Waals surface area contributed by atoms with Crippen LogP contribution in [0.4, 0.5) is 0 Å². The summed E-state index contributed by atoms with van der Waals surface area (Å²) in [6.45, 7) is 18.2. The van der Waals surface area contributed by atoms with E-state index in [1.807, 2.05) is 24.4 Å². The average Bonchev–Trinajstić information content (AvgIpc) is 2.79. The molecule has 2 atom stereocenters. The summed E-state index contributed by atoms with van der Waals surface area (Å²) in [6, 6.07) is 8.63. The highest BCUT2D eigenvalue weighted by atomic mass is 35.5. The quantitative estimate of drug-likeness (QED) is 0.265. The van der Waals surface area contributed by atoms with Crippen molar-refractivity contribution in [1.82, 2.24) is 20.4 Å². The molecule has 1 aliphatic heterocycles. The largest absolute Gasteiger partial charge is 0.392 e. The van der Waals surface area contributed by atoms with Gasteiger partial charge in [0, 0.05) is 62.6 Å². The Morgan fingerprint density at radius 2 is 1.94 bits per heavy atom. The molecule has 192 valence electrons. The zero-order valence-corrected chi connectivity index (χ0v) is 22.3. The molecule has 34 heavy (non-hydrogen) atoms. The molecule has 1 heterocycles. The van der Waals surface area contributed by atoms with Gasteiger partial charge < -0.3 is 26.4 Å². The number of aliphatic hydroxyl groups excluding tert-OH is 1. The first kappa shape index (κ1) is 28.5. The minimum Gasteiger partial charge on any atom is -0.392 e. The number of halogens is 1. The summed E-state index contributed by atoms with van der Waals surface area (Å²) >= 11 is 6.65. The van der Waals surface area contributed by atoms with Crippen molar-refractivity contribution < 1.29 is 5.11 Å². The van der Waals surface area contributed by atoms with Gasteiger partial charge in [-0.25, -0.2) is 0 Å². The van der Waals surface area contributed by atoms with Gasteiger partial charge in [-0.15, -0.1) is 11.6 Å². The average molecular weight is 492 g/mol. The van der Waals surface area contributed by atoms with E-state index >= 15 is 0 Å². The van der Waals surface area contributed by atoms with Crippen molar-refractivity contribution in [2.24, 2.45) is 17.1 Å². The van der Waals surface area contributed by atoms with Gasteiger partial charge in [0.2, 0.25) is 0 Å². The summed E-state index contributed by atoms with van der Waals surface area (Å²) in [5, 5.41) is 16.7. The second-order valence-electron chi connectivity index (χ2n) is 10.1. The van der Waals surface area contributed by atoms with Crippen LogP contribution >= 0.6 is 11.6 Å². The fraction of sp³-hybridized carbons (Fsp3) is 0.630. The maximum atomic E-state index is 9.93. The molecule has 6 nitrogen and oxygen atoms in total. The molecule has 0 saturated carbocycles. The van der Waals surface area contributed by atoms with Crippen molar-refractivity contribution in [1.29, 1.82) is 0 Å². The number of nitrogens with one attached hydrogen (secondary N) is 2. The lowest BCUT2D eigenvalue weighted by Gasteiger charge is -2.50. The van der Waals surface area contributed by atoms with Crippen molar-refractivity contribution in [2.75, 3.05) is 38.6 Å². The molecule has 7 heteroatoms. The van der Waals surface area contributed by atoms with Crippen LogP contribution in [0, 0.1) is 11.3 Å². The lowest BCUT2D eigenvalue weighted by atomic mass is 9.79. The Morgan fingerprint density at radius 1 is 1.26 bits per heavy atom. The number of hydrogen-bond donors (Lipinski definition) is 4. The van der Waals surface area contributed by atoms with E-state index in [2.05, 4.69) is 66.8 Å². The molecule has 1 aromatic carbocycles. The number of alkyl halides is 1. The Labute approximate surface area is 212 Å². The number of hydrogen-bond acceptors (Lipinski definition) is 6. The van der Waals surface area contributed by atoms with Gasteiger partial charge in [0.05, 0.1) is 12.4 Å². The maximum Gasteiger partial charge on any atom is 0.0920 e. The SMILES string of the molecule is C=CN(CC)CC1(CN(Cc2ccccc2CO)[C@H](CCl)C(C)C/C=C(\N)NC(C)C)CNC1. The van der Waals surface area contributed by atoms with Crippen LogP contribution in [-0.4, -0.2) is 65.6 Å². The number of aliphatic hydroxyl groups is 1. The highest BCUT2D eigenvalue weighted by molar-refractivity contribution is 6.18. The first-order valence-electron chi connectivity index (χ1n) is 12.5. The van der Waals surface area contributed by atoms with E-state index in [4.69, 9.17) is 17.3 Å². The van der Waals surface area contributed by atoms with Crippen molar-refractivity contribution in [3.63, 3.8) is 0 Å². The molecule has 0 aromatic heterocycles. The van der Waals surface area contributed by atoms with Gasteiger partial charge in [-0.05, 0) is 56.5 Å². The van der Waals surface area contributed by atoms with Crippen molar-refractivity contribution >= 4 is 11.6 Å². The molecule has 1 fully saturated rings. The number of rotatable bonds is 16. The molecule has 1 aromatic rings.